The van der Waals surface area contributed by atoms with E-state index in [2.05, 4.69) is 24.4 Å². The van der Waals surface area contributed by atoms with Gasteiger partial charge in [0.2, 0.25) is 0 Å². The third-order valence-electron chi connectivity index (χ3n) is 3.09. The minimum atomic E-state index is 0.361. The largest absolute Gasteiger partial charge is 0.315 e. The Morgan fingerprint density at radius 3 is 2.71 bits per heavy atom. The summed E-state index contributed by atoms with van der Waals surface area (Å²) in [5.41, 5.74) is 1.75. The van der Waals surface area contributed by atoms with E-state index in [1.165, 1.54) is 18.4 Å². The molecule has 14 heavy (non-hydrogen) atoms. The molecular weight excluding hydrogens is 194 g/mol. The average Bonchev–Trinajstić information content (AvgIpc) is 2.11. The molecule has 0 bridgehead atoms. The number of hydrogen-bond acceptors (Lipinski definition) is 1. The Bertz CT molecular complexity index is 318. The summed E-state index contributed by atoms with van der Waals surface area (Å²) in [7, 11) is 0. The molecule has 1 aliphatic heterocycles. The highest BCUT2D eigenvalue weighted by Gasteiger charge is 2.37. The van der Waals surface area contributed by atoms with E-state index in [-0.39, 0.29) is 0 Å². The van der Waals surface area contributed by atoms with Gasteiger partial charge >= 0.3 is 0 Å². The molecule has 1 saturated heterocycles. The lowest BCUT2D eigenvalue weighted by atomic mass is 9.72. The first-order valence-corrected chi connectivity index (χ1v) is 5.61. The van der Waals surface area contributed by atoms with Gasteiger partial charge in [0.15, 0.2) is 0 Å². The zero-order valence-electron chi connectivity index (χ0n) is 8.52. The van der Waals surface area contributed by atoms with E-state index in [9.17, 15) is 0 Å². The zero-order chi connectivity index (χ0) is 10.0. The zero-order valence-corrected chi connectivity index (χ0v) is 9.27. The molecule has 1 aromatic carbocycles. The fourth-order valence-electron chi connectivity index (χ4n) is 2.25. The molecule has 0 saturated carbocycles. The highest BCUT2D eigenvalue weighted by atomic mass is 35.5. The quantitative estimate of drug-likeness (QED) is 0.807. The van der Waals surface area contributed by atoms with Crippen LogP contribution in [-0.4, -0.2) is 13.1 Å². The molecule has 1 N–H and O–H groups in total. The summed E-state index contributed by atoms with van der Waals surface area (Å²) in [4.78, 5) is 0. The Labute approximate surface area is 90.5 Å². The summed E-state index contributed by atoms with van der Waals surface area (Å²) >= 11 is 6.01. The van der Waals surface area contributed by atoms with Gasteiger partial charge in [-0.1, -0.05) is 37.1 Å². The van der Waals surface area contributed by atoms with Crippen LogP contribution in [0.2, 0.25) is 5.02 Å². The summed E-state index contributed by atoms with van der Waals surface area (Å²) in [6.45, 7) is 4.44. The maximum Gasteiger partial charge on any atom is 0.0408 e. The van der Waals surface area contributed by atoms with Crippen molar-refractivity contribution < 1.29 is 0 Å². The summed E-state index contributed by atoms with van der Waals surface area (Å²) in [5, 5.41) is 4.21. The highest BCUT2D eigenvalue weighted by molar-refractivity contribution is 6.30. The van der Waals surface area contributed by atoms with Crippen molar-refractivity contribution in [3.63, 3.8) is 0 Å². The van der Waals surface area contributed by atoms with Crippen LogP contribution in [0.5, 0.6) is 0 Å². The smallest absolute Gasteiger partial charge is 0.0408 e. The van der Waals surface area contributed by atoms with E-state index in [0.717, 1.165) is 18.1 Å². The predicted octanol–water partition coefficient (Wildman–Crippen LogP) is 2.98. The second-order valence-electron chi connectivity index (χ2n) is 4.14. The van der Waals surface area contributed by atoms with Crippen LogP contribution in [0.4, 0.5) is 0 Å². The van der Waals surface area contributed by atoms with Gasteiger partial charge in [0.25, 0.3) is 0 Å². The molecule has 1 aromatic rings. The Kier molecular flexibility index (Phi) is 2.80. The van der Waals surface area contributed by atoms with Crippen LogP contribution in [0, 0.1) is 0 Å². The topological polar surface area (TPSA) is 12.0 Å². The number of halogens is 1. The minimum absolute atomic E-state index is 0.361. The monoisotopic (exact) mass is 209 g/mol. The van der Waals surface area contributed by atoms with Crippen LogP contribution in [0.1, 0.15) is 25.3 Å². The fraction of sp³-hybridized carbons (Fsp3) is 0.500. The Morgan fingerprint density at radius 2 is 2.21 bits per heavy atom. The molecule has 1 nitrogen and oxygen atoms in total. The summed E-state index contributed by atoms with van der Waals surface area (Å²) in [6.07, 6.45) is 2.48. The van der Waals surface area contributed by atoms with Gasteiger partial charge in [-0.05, 0) is 24.1 Å². The average molecular weight is 210 g/mol. The second-order valence-corrected chi connectivity index (χ2v) is 4.58. The molecular formula is C12H16ClN. The summed E-state index contributed by atoms with van der Waals surface area (Å²) in [5.74, 6) is 0. The SMILES string of the molecule is CCCC1(c2cccc(Cl)c2)CNC1. The number of nitrogens with one attached hydrogen (secondary N) is 1. The lowest BCUT2D eigenvalue weighted by molar-refractivity contribution is 0.255. The van der Waals surface area contributed by atoms with E-state index in [4.69, 9.17) is 11.6 Å². The van der Waals surface area contributed by atoms with Crippen molar-refractivity contribution in [2.75, 3.05) is 13.1 Å². The van der Waals surface area contributed by atoms with Crippen LogP contribution in [-0.2, 0) is 5.41 Å². The van der Waals surface area contributed by atoms with E-state index in [1.807, 2.05) is 12.1 Å². The Hall–Kier alpha value is -0.530. The van der Waals surface area contributed by atoms with Crippen molar-refractivity contribution >= 4 is 11.6 Å². The molecule has 1 aliphatic rings. The molecule has 0 amide bonds. The molecule has 0 atom stereocenters. The van der Waals surface area contributed by atoms with Gasteiger partial charge in [0.05, 0.1) is 0 Å². The van der Waals surface area contributed by atoms with Crippen LogP contribution in [0.25, 0.3) is 0 Å². The molecule has 1 heterocycles. The van der Waals surface area contributed by atoms with Gasteiger partial charge < -0.3 is 5.32 Å². The van der Waals surface area contributed by atoms with Crippen LogP contribution in [0.3, 0.4) is 0 Å². The van der Waals surface area contributed by atoms with Crippen LogP contribution in [0.15, 0.2) is 24.3 Å². The molecule has 2 rings (SSSR count). The van der Waals surface area contributed by atoms with Crippen molar-refractivity contribution in [3.05, 3.63) is 34.9 Å². The van der Waals surface area contributed by atoms with Gasteiger partial charge in [-0.2, -0.15) is 0 Å². The van der Waals surface area contributed by atoms with Crippen molar-refractivity contribution in [3.8, 4) is 0 Å². The van der Waals surface area contributed by atoms with Crippen molar-refractivity contribution in [1.82, 2.24) is 5.32 Å². The molecule has 0 aromatic heterocycles. The number of hydrogen-bond donors (Lipinski definition) is 1. The van der Waals surface area contributed by atoms with E-state index >= 15 is 0 Å². The lowest BCUT2D eigenvalue weighted by Crippen LogP contribution is -2.56. The standard InChI is InChI=1S/C12H16ClN/c1-2-6-12(8-14-9-12)10-4-3-5-11(13)7-10/h3-5,7,14H,2,6,8-9H2,1H3. The van der Waals surface area contributed by atoms with Crippen molar-refractivity contribution in [1.29, 1.82) is 0 Å². The van der Waals surface area contributed by atoms with Gasteiger partial charge in [-0.25, -0.2) is 0 Å². The van der Waals surface area contributed by atoms with Gasteiger partial charge in [0.1, 0.15) is 0 Å². The second kappa shape index (κ2) is 3.92. The molecule has 0 unspecified atom stereocenters. The third-order valence-corrected chi connectivity index (χ3v) is 3.33. The van der Waals surface area contributed by atoms with Gasteiger partial charge in [-0.15, -0.1) is 0 Å². The van der Waals surface area contributed by atoms with Gasteiger partial charge in [-0.3, -0.25) is 0 Å². The third kappa shape index (κ3) is 1.67. The minimum Gasteiger partial charge on any atom is -0.315 e. The first kappa shape index (κ1) is 10.0. The number of rotatable bonds is 3. The Morgan fingerprint density at radius 1 is 1.43 bits per heavy atom. The molecule has 0 aliphatic carbocycles. The fourth-order valence-corrected chi connectivity index (χ4v) is 2.44. The van der Waals surface area contributed by atoms with Gasteiger partial charge in [0, 0.05) is 23.5 Å². The highest BCUT2D eigenvalue weighted by Crippen LogP contribution is 2.34. The molecule has 0 spiro atoms. The normalized spacial score (nSPS) is 19.0. The maximum absolute atomic E-state index is 6.01. The molecule has 1 fully saturated rings. The lowest BCUT2D eigenvalue weighted by Gasteiger charge is -2.43. The Balaban J connectivity index is 2.27. The van der Waals surface area contributed by atoms with Crippen molar-refractivity contribution in [2.45, 2.75) is 25.2 Å². The van der Waals surface area contributed by atoms with Crippen molar-refractivity contribution in [2.24, 2.45) is 0 Å². The predicted molar refractivity (Wildman–Crippen MR) is 60.9 cm³/mol. The summed E-state index contributed by atoms with van der Waals surface area (Å²) in [6, 6.07) is 8.30. The summed E-state index contributed by atoms with van der Waals surface area (Å²) < 4.78 is 0. The van der Waals surface area contributed by atoms with Crippen LogP contribution >= 0.6 is 11.6 Å². The molecule has 0 radical (unpaired) electrons. The van der Waals surface area contributed by atoms with E-state index in [0.29, 0.717) is 5.41 Å². The first-order chi connectivity index (χ1) is 6.77. The molecule has 2 heteroatoms. The van der Waals surface area contributed by atoms with Crippen LogP contribution < -0.4 is 5.32 Å². The van der Waals surface area contributed by atoms with E-state index in [1.54, 1.807) is 0 Å². The maximum atomic E-state index is 6.01. The number of benzene rings is 1. The first-order valence-electron chi connectivity index (χ1n) is 5.24. The molecule has 76 valence electrons. The van der Waals surface area contributed by atoms with E-state index < -0.39 is 0 Å².